The number of nitrogens with one attached hydrogen (secondary N) is 1. The first-order chi connectivity index (χ1) is 5.33. The van der Waals surface area contributed by atoms with Gasteiger partial charge in [-0.2, -0.15) is 5.26 Å². The van der Waals surface area contributed by atoms with Crippen molar-refractivity contribution in [3.8, 4) is 6.19 Å². The van der Waals surface area contributed by atoms with Crippen LogP contribution in [0.3, 0.4) is 0 Å². The predicted octanol–water partition coefficient (Wildman–Crippen LogP) is 0.0103. The average Bonchev–Trinajstić information content (AvgIpc) is 2.40. The normalized spacial score (nSPS) is 22.6. The zero-order chi connectivity index (χ0) is 8.10. The second kappa shape index (κ2) is 3.94. The van der Waals surface area contributed by atoms with Crippen molar-refractivity contribution in [2.75, 3.05) is 13.2 Å². The van der Waals surface area contributed by atoms with Crippen LogP contribution in [0.2, 0.25) is 0 Å². The Balaban J connectivity index is 2.19. The van der Waals surface area contributed by atoms with Gasteiger partial charge >= 0.3 is 0 Å². The fraction of sp³-hybridized carbons (Fsp3) is 0.714. The number of nitriles is 1. The molecule has 0 aromatic carbocycles. The summed E-state index contributed by atoms with van der Waals surface area (Å²) in [7, 11) is 0. The minimum atomic E-state index is -0.206. The molecule has 1 aliphatic rings. The average molecular weight is 154 g/mol. The quantitative estimate of drug-likeness (QED) is 0.450. The lowest BCUT2D eigenvalue weighted by atomic mass is 10.1. The van der Waals surface area contributed by atoms with E-state index >= 15 is 0 Å². The van der Waals surface area contributed by atoms with Crippen LogP contribution >= 0.6 is 0 Å². The number of carbonyl (C=O) groups is 1. The Morgan fingerprint density at radius 1 is 1.82 bits per heavy atom. The molecule has 0 saturated carbocycles. The van der Waals surface area contributed by atoms with E-state index in [4.69, 9.17) is 10.00 Å². The van der Waals surface area contributed by atoms with Crippen LogP contribution in [-0.4, -0.2) is 19.1 Å². The molecule has 1 unspecified atom stereocenters. The zero-order valence-electron chi connectivity index (χ0n) is 6.17. The van der Waals surface area contributed by atoms with Crippen LogP contribution in [0.15, 0.2) is 0 Å². The second-order valence-corrected chi connectivity index (χ2v) is 2.59. The first-order valence-electron chi connectivity index (χ1n) is 3.58. The molecule has 1 fully saturated rings. The van der Waals surface area contributed by atoms with Gasteiger partial charge in [0, 0.05) is 19.6 Å². The van der Waals surface area contributed by atoms with Crippen molar-refractivity contribution in [1.29, 1.82) is 5.26 Å². The maximum Gasteiger partial charge on any atom is 0.233 e. The molecule has 0 spiro atoms. The Morgan fingerprint density at radius 2 is 2.64 bits per heavy atom. The van der Waals surface area contributed by atoms with Crippen molar-refractivity contribution in [3.05, 3.63) is 0 Å². The molecule has 1 N–H and O–H groups in total. The maximum absolute atomic E-state index is 10.8. The third-order valence-electron chi connectivity index (χ3n) is 1.69. The Bertz CT molecular complexity index is 179. The van der Waals surface area contributed by atoms with Crippen molar-refractivity contribution in [3.63, 3.8) is 0 Å². The van der Waals surface area contributed by atoms with E-state index in [-0.39, 0.29) is 5.91 Å². The molecule has 0 aromatic heterocycles. The number of hydrogen-bond donors (Lipinski definition) is 1. The number of nitrogens with zero attached hydrogens (tertiary/aromatic N) is 1. The molecule has 11 heavy (non-hydrogen) atoms. The third kappa shape index (κ3) is 2.56. The van der Waals surface area contributed by atoms with Gasteiger partial charge in [0.05, 0.1) is 0 Å². The number of rotatable bonds is 2. The molecule has 0 radical (unpaired) electrons. The second-order valence-electron chi connectivity index (χ2n) is 2.59. The van der Waals surface area contributed by atoms with Gasteiger partial charge in [0.2, 0.25) is 5.91 Å². The van der Waals surface area contributed by atoms with E-state index in [1.54, 1.807) is 6.19 Å². The fourth-order valence-electron chi connectivity index (χ4n) is 1.12. The smallest absolute Gasteiger partial charge is 0.233 e. The van der Waals surface area contributed by atoms with Crippen LogP contribution in [0.1, 0.15) is 12.8 Å². The largest absolute Gasteiger partial charge is 0.381 e. The highest BCUT2D eigenvalue weighted by atomic mass is 16.5. The summed E-state index contributed by atoms with van der Waals surface area (Å²) in [6.07, 6.45) is 2.94. The van der Waals surface area contributed by atoms with Gasteiger partial charge in [-0.3, -0.25) is 10.1 Å². The van der Waals surface area contributed by atoms with E-state index in [2.05, 4.69) is 5.32 Å². The molecule has 4 heteroatoms. The van der Waals surface area contributed by atoms with E-state index in [9.17, 15) is 4.79 Å². The molecular weight excluding hydrogens is 144 g/mol. The summed E-state index contributed by atoms with van der Waals surface area (Å²) in [6.45, 7) is 1.39. The highest BCUT2D eigenvalue weighted by Crippen LogP contribution is 2.15. The van der Waals surface area contributed by atoms with E-state index in [0.717, 1.165) is 13.0 Å². The monoisotopic (exact) mass is 154 g/mol. The molecular formula is C7H10N2O2. The standard InChI is InChI=1S/C7H10N2O2/c8-5-9-7(10)3-6-1-2-11-4-6/h6H,1-4H2,(H,9,10). The van der Waals surface area contributed by atoms with Gasteiger partial charge in [0.1, 0.15) is 0 Å². The molecule has 60 valence electrons. The highest BCUT2D eigenvalue weighted by Gasteiger charge is 2.18. The molecule has 0 bridgehead atoms. The highest BCUT2D eigenvalue weighted by molar-refractivity contribution is 5.77. The Labute approximate surface area is 65.1 Å². The first kappa shape index (κ1) is 8.02. The topological polar surface area (TPSA) is 62.1 Å². The van der Waals surface area contributed by atoms with E-state index in [1.807, 2.05) is 0 Å². The minimum absolute atomic E-state index is 0.206. The van der Waals surface area contributed by atoms with Crippen LogP contribution in [0.25, 0.3) is 0 Å². The molecule has 4 nitrogen and oxygen atoms in total. The van der Waals surface area contributed by atoms with E-state index in [1.165, 1.54) is 0 Å². The van der Waals surface area contributed by atoms with Crippen molar-refractivity contribution < 1.29 is 9.53 Å². The summed E-state index contributed by atoms with van der Waals surface area (Å²) < 4.78 is 5.07. The summed E-state index contributed by atoms with van der Waals surface area (Å²) in [4.78, 5) is 10.8. The zero-order valence-corrected chi connectivity index (χ0v) is 6.17. The van der Waals surface area contributed by atoms with Crippen molar-refractivity contribution in [1.82, 2.24) is 5.32 Å². The molecule has 0 aromatic rings. The number of hydrogen-bond acceptors (Lipinski definition) is 3. The molecule has 1 aliphatic heterocycles. The van der Waals surface area contributed by atoms with E-state index in [0.29, 0.717) is 18.9 Å². The van der Waals surface area contributed by atoms with Crippen LogP contribution in [-0.2, 0) is 9.53 Å². The summed E-state index contributed by atoms with van der Waals surface area (Å²) in [5.41, 5.74) is 0. The van der Waals surface area contributed by atoms with Crippen LogP contribution in [0.4, 0.5) is 0 Å². The minimum Gasteiger partial charge on any atom is -0.381 e. The molecule has 1 rings (SSSR count). The Morgan fingerprint density at radius 3 is 3.18 bits per heavy atom. The Hall–Kier alpha value is -1.08. The Kier molecular flexibility index (Phi) is 2.87. The third-order valence-corrected chi connectivity index (χ3v) is 1.69. The SMILES string of the molecule is N#CNC(=O)CC1CCOC1. The molecule has 1 amide bonds. The van der Waals surface area contributed by atoms with Crippen LogP contribution in [0.5, 0.6) is 0 Å². The van der Waals surface area contributed by atoms with Crippen LogP contribution < -0.4 is 5.32 Å². The molecule has 1 saturated heterocycles. The van der Waals surface area contributed by atoms with Crippen molar-refractivity contribution in [2.24, 2.45) is 5.92 Å². The molecule has 0 aliphatic carbocycles. The van der Waals surface area contributed by atoms with E-state index < -0.39 is 0 Å². The van der Waals surface area contributed by atoms with Gasteiger partial charge < -0.3 is 4.74 Å². The lowest BCUT2D eigenvalue weighted by Crippen LogP contribution is -2.20. The lowest BCUT2D eigenvalue weighted by molar-refractivity contribution is -0.120. The van der Waals surface area contributed by atoms with Gasteiger partial charge in [0.15, 0.2) is 6.19 Å². The molecule has 1 atom stereocenters. The predicted molar refractivity (Wildman–Crippen MR) is 37.3 cm³/mol. The fourth-order valence-corrected chi connectivity index (χ4v) is 1.12. The van der Waals surface area contributed by atoms with Gasteiger partial charge in [-0.15, -0.1) is 0 Å². The van der Waals surface area contributed by atoms with Gasteiger partial charge in [-0.1, -0.05) is 0 Å². The number of carbonyl (C=O) groups excluding carboxylic acids is 1. The van der Waals surface area contributed by atoms with Crippen molar-refractivity contribution in [2.45, 2.75) is 12.8 Å². The summed E-state index contributed by atoms with van der Waals surface area (Å²) in [6, 6.07) is 0. The maximum atomic E-state index is 10.8. The first-order valence-corrected chi connectivity index (χ1v) is 3.58. The van der Waals surface area contributed by atoms with Gasteiger partial charge in [-0.05, 0) is 12.3 Å². The number of amides is 1. The number of ether oxygens (including phenoxy) is 1. The van der Waals surface area contributed by atoms with Gasteiger partial charge in [0.25, 0.3) is 0 Å². The lowest BCUT2D eigenvalue weighted by Gasteiger charge is -2.02. The summed E-state index contributed by atoms with van der Waals surface area (Å²) >= 11 is 0. The summed E-state index contributed by atoms with van der Waals surface area (Å²) in [5, 5.41) is 10.2. The van der Waals surface area contributed by atoms with Crippen molar-refractivity contribution >= 4 is 5.91 Å². The molecule has 1 heterocycles. The summed E-state index contributed by atoms with van der Waals surface area (Å²) in [5.74, 6) is 0.103. The van der Waals surface area contributed by atoms with Gasteiger partial charge in [-0.25, -0.2) is 0 Å². The van der Waals surface area contributed by atoms with Crippen LogP contribution in [0, 0.1) is 17.4 Å².